The highest BCUT2D eigenvalue weighted by Gasteiger charge is 2.50. The lowest BCUT2D eigenvalue weighted by Crippen LogP contribution is -2.63. The molecular formula is C21H26N4O2. The Morgan fingerprint density at radius 2 is 2.04 bits per heavy atom. The summed E-state index contributed by atoms with van der Waals surface area (Å²) in [5.41, 5.74) is 1.88. The molecule has 1 aromatic heterocycles. The molecule has 2 saturated heterocycles. The predicted molar refractivity (Wildman–Crippen MR) is 104 cm³/mol. The normalized spacial score (nSPS) is 25.4. The average molecular weight is 366 g/mol. The molecule has 2 aromatic rings. The van der Waals surface area contributed by atoms with Gasteiger partial charge in [0.25, 0.3) is 0 Å². The van der Waals surface area contributed by atoms with Crippen LogP contribution in [-0.4, -0.2) is 58.3 Å². The molecule has 0 radical (unpaired) electrons. The Bertz CT molecular complexity index is 878. The van der Waals surface area contributed by atoms with Crippen molar-refractivity contribution in [2.75, 3.05) is 26.2 Å². The minimum Gasteiger partial charge on any atom is -0.347 e. The fourth-order valence-corrected chi connectivity index (χ4v) is 4.78. The van der Waals surface area contributed by atoms with Gasteiger partial charge >= 0.3 is 0 Å². The highest BCUT2D eigenvalue weighted by atomic mass is 16.2. The first-order valence-corrected chi connectivity index (χ1v) is 9.56. The number of hydrogen-bond donors (Lipinski definition) is 1. The smallest absolute Gasteiger partial charge is 0.219 e. The number of hydrogen-bond acceptors (Lipinski definition) is 4. The molecule has 2 aliphatic heterocycles. The molecule has 0 unspecified atom stereocenters. The Balaban J connectivity index is 1.59. The zero-order chi connectivity index (χ0) is 19.0. The molecule has 4 rings (SSSR count). The lowest BCUT2D eigenvalue weighted by Gasteiger charge is -2.44. The SMILES string of the molecule is CC(=O)N[C@@]12CN(Cc3cccc4cccnc34)CC[C@@H]1CN(C(C)=O)C2. The number of nitrogens with zero attached hydrogens (tertiary/aromatic N) is 3. The van der Waals surface area contributed by atoms with Gasteiger partial charge in [0, 0.05) is 57.5 Å². The van der Waals surface area contributed by atoms with Crippen LogP contribution in [0.15, 0.2) is 36.5 Å². The fraction of sp³-hybridized carbons (Fsp3) is 0.476. The van der Waals surface area contributed by atoms with E-state index in [0.29, 0.717) is 12.5 Å². The number of fused-ring (bicyclic) bond motifs is 2. The molecule has 0 aliphatic carbocycles. The van der Waals surface area contributed by atoms with Gasteiger partial charge in [-0.2, -0.15) is 0 Å². The van der Waals surface area contributed by atoms with Gasteiger partial charge in [-0.3, -0.25) is 19.5 Å². The maximum absolute atomic E-state index is 11.9. The molecule has 2 fully saturated rings. The largest absolute Gasteiger partial charge is 0.347 e. The second-order valence-corrected chi connectivity index (χ2v) is 7.93. The number of rotatable bonds is 3. The van der Waals surface area contributed by atoms with Crippen LogP contribution >= 0.6 is 0 Å². The summed E-state index contributed by atoms with van der Waals surface area (Å²) in [5.74, 6) is 0.366. The van der Waals surface area contributed by atoms with Gasteiger partial charge in [-0.05, 0) is 24.6 Å². The van der Waals surface area contributed by atoms with Gasteiger partial charge in [0.05, 0.1) is 11.1 Å². The van der Waals surface area contributed by atoms with Crippen molar-refractivity contribution in [3.63, 3.8) is 0 Å². The van der Waals surface area contributed by atoms with Gasteiger partial charge in [-0.25, -0.2) is 0 Å². The third-order valence-electron chi connectivity index (χ3n) is 5.98. The first-order valence-electron chi connectivity index (χ1n) is 9.56. The van der Waals surface area contributed by atoms with E-state index in [-0.39, 0.29) is 17.4 Å². The molecule has 3 heterocycles. The lowest BCUT2D eigenvalue weighted by atomic mass is 9.80. The van der Waals surface area contributed by atoms with Crippen LogP contribution in [-0.2, 0) is 16.1 Å². The number of benzene rings is 1. The van der Waals surface area contributed by atoms with Crippen molar-refractivity contribution in [3.05, 3.63) is 42.1 Å². The number of aromatic nitrogens is 1. The summed E-state index contributed by atoms with van der Waals surface area (Å²) < 4.78 is 0. The van der Waals surface area contributed by atoms with Crippen molar-refractivity contribution in [1.29, 1.82) is 0 Å². The molecule has 1 aromatic carbocycles. The number of carbonyl (C=O) groups is 2. The summed E-state index contributed by atoms with van der Waals surface area (Å²) in [5, 5.41) is 4.35. The second-order valence-electron chi connectivity index (χ2n) is 7.93. The van der Waals surface area contributed by atoms with E-state index >= 15 is 0 Å². The first-order chi connectivity index (χ1) is 13.0. The van der Waals surface area contributed by atoms with E-state index in [1.807, 2.05) is 17.2 Å². The molecule has 142 valence electrons. The van der Waals surface area contributed by atoms with Gasteiger partial charge in [0.1, 0.15) is 0 Å². The highest BCUT2D eigenvalue weighted by molar-refractivity contribution is 5.81. The molecule has 6 nitrogen and oxygen atoms in total. The summed E-state index contributed by atoms with van der Waals surface area (Å²) in [6.45, 7) is 7.01. The van der Waals surface area contributed by atoms with Crippen LogP contribution in [0.25, 0.3) is 10.9 Å². The quantitative estimate of drug-likeness (QED) is 0.900. The minimum atomic E-state index is -0.353. The summed E-state index contributed by atoms with van der Waals surface area (Å²) in [7, 11) is 0. The molecule has 2 aliphatic rings. The molecule has 1 N–H and O–H groups in total. The zero-order valence-electron chi connectivity index (χ0n) is 15.9. The Morgan fingerprint density at radius 3 is 2.81 bits per heavy atom. The number of pyridine rings is 1. The summed E-state index contributed by atoms with van der Waals surface area (Å²) >= 11 is 0. The minimum absolute atomic E-state index is 0.0286. The molecule has 2 amide bonds. The third-order valence-corrected chi connectivity index (χ3v) is 5.98. The van der Waals surface area contributed by atoms with E-state index < -0.39 is 0 Å². The van der Waals surface area contributed by atoms with Crippen molar-refractivity contribution in [3.8, 4) is 0 Å². The molecular weight excluding hydrogens is 340 g/mol. The average Bonchev–Trinajstić information content (AvgIpc) is 3.00. The van der Waals surface area contributed by atoms with Crippen molar-refractivity contribution in [2.24, 2.45) is 5.92 Å². The third kappa shape index (κ3) is 3.41. The number of para-hydroxylation sites is 1. The molecule has 2 atom stereocenters. The monoisotopic (exact) mass is 366 g/mol. The standard InChI is InChI=1S/C21H26N4O2/c1-15(26)23-21-13-24(10-8-19(21)12-25(14-21)16(2)27)11-18-6-3-5-17-7-4-9-22-20(17)18/h3-7,9,19H,8,10-14H2,1-2H3,(H,23,26)/t19-,21-/m1/s1. The van der Waals surface area contributed by atoms with Crippen LogP contribution in [0.1, 0.15) is 25.8 Å². The number of likely N-dealkylation sites (tertiary alicyclic amines) is 2. The highest BCUT2D eigenvalue weighted by Crippen LogP contribution is 2.36. The molecule has 6 heteroatoms. The Kier molecular flexibility index (Phi) is 4.60. The topological polar surface area (TPSA) is 65.5 Å². The number of amides is 2. The number of nitrogens with one attached hydrogen (secondary N) is 1. The second kappa shape index (κ2) is 6.93. The van der Waals surface area contributed by atoms with Crippen molar-refractivity contribution in [1.82, 2.24) is 20.1 Å². The maximum Gasteiger partial charge on any atom is 0.219 e. The molecule has 0 bridgehead atoms. The van der Waals surface area contributed by atoms with Crippen LogP contribution in [0.2, 0.25) is 0 Å². The van der Waals surface area contributed by atoms with E-state index in [9.17, 15) is 9.59 Å². The van der Waals surface area contributed by atoms with Crippen LogP contribution in [0.3, 0.4) is 0 Å². The van der Waals surface area contributed by atoms with Crippen LogP contribution in [0, 0.1) is 5.92 Å². The lowest BCUT2D eigenvalue weighted by molar-refractivity contribution is -0.128. The molecule has 27 heavy (non-hydrogen) atoms. The molecule has 0 saturated carbocycles. The zero-order valence-corrected chi connectivity index (χ0v) is 15.9. The number of carbonyl (C=O) groups excluding carboxylic acids is 2. The van der Waals surface area contributed by atoms with E-state index in [1.54, 1.807) is 13.8 Å². The van der Waals surface area contributed by atoms with Crippen LogP contribution in [0.5, 0.6) is 0 Å². The van der Waals surface area contributed by atoms with Crippen molar-refractivity contribution >= 4 is 22.7 Å². The van der Waals surface area contributed by atoms with Crippen molar-refractivity contribution < 1.29 is 9.59 Å². The van der Waals surface area contributed by atoms with E-state index in [1.165, 1.54) is 5.56 Å². The van der Waals surface area contributed by atoms with Gasteiger partial charge in [-0.15, -0.1) is 0 Å². The Labute approximate surface area is 159 Å². The summed E-state index contributed by atoms with van der Waals surface area (Å²) in [6.07, 6.45) is 2.81. The van der Waals surface area contributed by atoms with E-state index in [4.69, 9.17) is 0 Å². The summed E-state index contributed by atoms with van der Waals surface area (Å²) in [4.78, 5) is 32.7. The van der Waals surface area contributed by atoms with Gasteiger partial charge in [0.2, 0.25) is 11.8 Å². The predicted octanol–water partition coefficient (Wildman–Crippen LogP) is 1.79. The van der Waals surface area contributed by atoms with Gasteiger partial charge < -0.3 is 10.2 Å². The molecule has 0 spiro atoms. The van der Waals surface area contributed by atoms with Crippen LogP contribution in [0.4, 0.5) is 0 Å². The summed E-state index contributed by atoms with van der Waals surface area (Å²) in [6, 6.07) is 10.3. The Morgan fingerprint density at radius 1 is 1.22 bits per heavy atom. The van der Waals surface area contributed by atoms with Crippen LogP contribution < -0.4 is 5.32 Å². The Hall–Kier alpha value is -2.47. The van der Waals surface area contributed by atoms with Crippen molar-refractivity contribution in [2.45, 2.75) is 32.4 Å². The number of piperidine rings is 1. The van der Waals surface area contributed by atoms with E-state index in [0.717, 1.165) is 43.5 Å². The van der Waals surface area contributed by atoms with Gasteiger partial charge in [0.15, 0.2) is 0 Å². The van der Waals surface area contributed by atoms with Gasteiger partial charge in [-0.1, -0.05) is 24.3 Å². The first kappa shape index (κ1) is 17.9. The van der Waals surface area contributed by atoms with E-state index in [2.05, 4.69) is 39.5 Å². The maximum atomic E-state index is 11.9. The fourth-order valence-electron chi connectivity index (χ4n) is 4.78.